The zero-order chi connectivity index (χ0) is 15.5. The molecule has 0 fully saturated rings. The fourth-order valence-electron chi connectivity index (χ4n) is 2.08. The van der Waals surface area contributed by atoms with E-state index in [1.165, 1.54) is 12.1 Å². The molecule has 0 aromatic heterocycles. The first-order chi connectivity index (χ1) is 9.84. The Hall–Kier alpha value is -2.17. The fourth-order valence-corrected chi connectivity index (χ4v) is 2.08. The van der Waals surface area contributed by atoms with Gasteiger partial charge in [0.2, 0.25) is 0 Å². The van der Waals surface area contributed by atoms with Gasteiger partial charge < -0.3 is 10.4 Å². The molecule has 0 radical (unpaired) electrons. The number of hydrogen-bond acceptors (Lipinski definition) is 2. The lowest BCUT2D eigenvalue weighted by molar-refractivity contribution is -0.137. The van der Waals surface area contributed by atoms with Crippen LogP contribution in [-0.2, 0) is 12.6 Å². The maximum atomic E-state index is 12.5. The molecule has 21 heavy (non-hydrogen) atoms. The van der Waals surface area contributed by atoms with Crippen molar-refractivity contribution in [2.45, 2.75) is 25.6 Å². The van der Waals surface area contributed by atoms with E-state index < -0.39 is 11.7 Å². The Morgan fingerprint density at radius 2 is 1.57 bits per heavy atom. The SMILES string of the molecule is CC(Cc1ccc(O)cc1)Nc1ccc(C(F)(F)F)cc1. The molecule has 5 heteroatoms. The van der Waals surface area contributed by atoms with Crippen molar-refractivity contribution in [1.82, 2.24) is 0 Å². The highest BCUT2D eigenvalue weighted by molar-refractivity contribution is 5.46. The van der Waals surface area contributed by atoms with Crippen LogP contribution in [0.25, 0.3) is 0 Å². The topological polar surface area (TPSA) is 32.3 Å². The van der Waals surface area contributed by atoms with Crippen LogP contribution >= 0.6 is 0 Å². The van der Waals surface area contributed by atoms with Gasteiger partial charge >= 0.3 is 6.18 Å². The highest BCUT2D eigenvalue weighted by atomic mass is 19.4. The molecule has 1 unspecified atom stereocenters. The molecule has 2 rings (SSSR count). The molecule has 0 saturated heterocycles. The van der Waals surface area contributed by atoms with Crippen molar-refractivity contribution in [2.24, 2.45) is 0 Å². The summed E-state index contributed by atoms with van der Waals surface area (Å²) in [5.74, 6) is 0.210. The van der Waals surface area contributed by atoms with Gasteiger partial charge in [-0.2, -0.15) is 13.2 Å². The average Bonchev–Trinajstić information content (AvgIpc) is 2.41. The molecule has 0 bridgehead atoms. The molecular formula is C16H16F3NO. The minimum Gasteiger partial charge on any atom is -0.508 e. The van der Waals surface area contributed by atoms with Gasteiger partial charge in [0, 0.05) is 11.7 Å². The molecule has 0 aliphatic rings. The largest absolute Gasteiger partial charge is 0.508 e. The number of phenolic OH excluding ortho intramolecular Hbond substituents is 1. The molecule has 112 valence electrons. The maximum absolute atomic E-state index is 12.5. The third-order valence-corrected chi connectivity index (χ3v) is 3.10. The molecule has 0 aliphatic carbocycles. The number of phenols is 1. The first-order valence-electron chi connectivity index (χ1n) is 6.56. The van der Waals surface area contributed by atoms with E-state index in [0.29, 0.717) is 12.1 Å². The van der Waals surface area contributed by atoms with Crippen LogP contribution < -0.4 is 5.32 Å². The normalized spacial score (nSPS) is 13.0. The Kier molecular flexibility index (Phi) is 4.40. The summed E-state index contributed by atoms with van der Waals surface area (Å²) in [4.78, 5) is 0. The summed E-state index contributed by atoms with van der Waals surface area (Å²) in [7, 11) is 0. The fraction of sp³-hybridized carbons (Fsp3) is 0.250. The molecule has 2 N–H and O–H groups in total. The number of nitrogens with one attached hydrogen (secondary N) is 1. The molecule has 2 aromatic carbocycles. The van der Waals surface area contributed by atoms with Crippen LogP contribution in [0.4, 0.5) is 18.9 Å². The first kappa shape index (κ1) is 15.2. The van der Waals surface area contributed by atoms with Crippen LogP contribution in [-0.4, -0.2) is 11.1 Å². The lowest BCUT2D eigenvalue weighted by Gasteiger charge is -2.16. The molecular weight excluding hydrogens is 279 g/mol. The van der Waals surface area contributed by atoms with Crippen molar-refractivity contribution in [3.63, 3.8) is 0 Å². The first-order valence-corrected chi connectivity index (χ1v) is 6.56. The molecule has 0 aliphatic heterocycles. The molecule has 0 heterocycles. The van der Waals surface area contributed by atoms with Crippen molar-refractivity contribution >= 4 is 5.69 Å². The van der Waals surface area contributed by atoms with Gasteiger partial charge in [-0.3, -0.25) is 0 Å². The van der Waals surface area contributed by atoms with E-state index >= 15 is 0 Å². The van der Waals surface area contributed by atoms with Crippen molar-refractivity contribution in [1.29, 1.82) is 0 Å². The van der Waals surface area contributed by atoms with Crippen LogP contribution in [0.5, 0.6) is 5.75 Å². The monoisotopic (exact) mass is 295 g/mol. The van der Waals surface area contributed by atoms with E-state index in [1.807, 2.05) is 19.1 Å². The molecule has 2 aromatic rings. The lowest BCUT2D eigenvalue weighted by Crippen LogP contribution is -2.18. The van der Waals surface area contributed by atoms with Crippen molar-refractivity contribution in [3.05, 3.63) is 59.7 Å². The Morgan fingerprint density at radius 1 is 1.00 bits per heavy atom. The maximum Gasteiger partial charge on any atom is 0.416 e. The van der Waals surface area contributed by atoms with Crippen LogP contribution in [0.2, 0.25) is 0 Å². The van der Waals surface area contributed by atoms with Gasteiger partial charge in [0.25, 0.3) is 0 Å². The number of rotatable bonds is 4. The Morgan fingerprint density at radius 3 is 2.10 bits per heavy atom. The van der Waals surface area contributed by atoms with E-state index in [0.717, 1.165) is 17.7 Å². The third-order valence-electron chi connectivity index (χ3n) is 3.10. The second-order valence-electron chi connectivity index (χ2n) is 4.99. The van der Waals surface area contributed by atoms with Crippen molar-refractivity contribution in [2.75, 3.05) is 5.32 Å². The van der Waals surface area contributed by atoms with Gasteiger partial charge in [-0.1, -0.05) is 12.1 Å². The molecule has 0 amide bonds. The number of hydrogen-bond donors (Lipinski definition) is 2. The highest BCUT2D eigenvalue weighted by Gasteiger charge is 2.29. The van der Waals surface area contributed by atoms with Crippen LogP contribution in [0, 0.1) is 0 Å². The summed E-state index contributed by atoms with van der Waals surface area (Å²) in [6, 6.07) is 11.9. The van der Waals surface area contributed by atoms with E-state index in [4.69, 9.17) is 0 Å². The summed E-state index contributed by atoms with van der Waals surface area (Å²) in [6.07, 6.45) is -3.60. The molecule has 0 spiro atoms. The van der Waals surface area contributed by atoms with E-state index in [1.54, 1.807) is 12.1 Å². The minimum absolute atomic E-state index is 0.0614. The lowest BCUT2D eigenvalue weighted by atomic mass is 10.1. The number of benzene rings is 2. The zero-order valence-electron chi connectivity index (χ0n) is 11.5. The summed E-state index contributed by atoms with van der Waals surface area (Å²) < 4.78 is 37.4. The second kappa shape index (κ2) is 6.08. The summed E-state index contributed by atoms with van der Waals surface area (Å²) >= 11 is 0. The van der Waals surface area contributed by atoms with Crippen LogP contribution in [0.1, 0.15) is 18.1 Å². The van der Waals surface area contributed by atoms with E-state index in [2.05, 4.69) is 5.32 Å². The molecule has 2 nitrogen and oxygen atoms in total. The van der Waals surface area contributed by atoms with Gasteiger partial charge in [-0.05, 0) is 55.3 Å². The Labute approximate surface area is 121 Å². The number of aromatic hydroxyl groups is 1. The average molecular weight is 295 g/mol. The predicted molar refractivity (Wildman–Crippen MR) is 76.3 cm³/mol. The van der Waals surface area contributed by atoms with E-state index in [-0.39, 0.29) is 11.8 Å². The summed E-state index contributed by atoms with van der Waals surface area (Å²) in [6.45, 7) is 1.95. The van der Waals surface area contributed by atoms with Gasteiger partial charge in [-0.25, -0.2) is 0 Å². The molecule has 0 saturated carbocycles. The van der Waals surface area contributed by atoms with E-state index in [9.17, 15) is 18.3 Å². The number of alkyl halides is 3. The van der Waals surface area contributed by atoms with Gasteiger partial charge in [0.15, 0.2) is 0 Å². The highest BCUT2D eigenvalue weighted by Crippen LogP contribution is 2.30. The minimum atomic E-state index is -4.31. The Bertz CT molecular complexity index is 576. The molecule has 1 atom stereocenters. The van der Waals surface area contributed by atoms with Gasteiger partial charge in [0.05, 0.1) is 5.56 Å². The standard InChI is InChI=1S/C16H16F3NO/c1-11(10-12-2-8-15(21)9-3-12)20-14-6-4-13(5-7-14)16(17,18)19/h2-9,11,20-21H,10H2,1H3. The van der Waals surface area contributed by atoms with Crippen molar-refractivity contribution < 1.29 is 18.3 Å². The quantitative estimate of drug-likeness (QED) is 0.873. The zero-order valence-corrected chi connectivity index (χ0v) is 11.5. The Balaban J connectivity index is 1.96. The second-order valence-corrected chi connectivity index (χ2v) is 4.99. The third kappa shape index (κ3) is 4.41. The number of anilines is 1. The van der Waals surface area contributed by atoms with Gasteiger partial charge in [0.1, 0.15) is 5.75 Å². The van der Waals surface area contributed by atoms with Crippen LogP contribution in [0.15, 0.2) is 48.5 Å². The smallest absolute Gasteiger partial charge is 0.416 e. The van der Waals surface area contributed by atoms with Gasteiger partial charge in [-0.15, -0.1) is 0 Å². The summed E-state index contributed by atoms with van der Waals surface area (Å²) in [5, 5.41) is 12.4. The van der Waals surface area contributed by atoms with Crippen LogP contribution in [0.3, 0.4) is 0 Å². The number of halogens is 3. The summed E-state index contributed by atoms with van der Waals surface area (Å²) in [5.41, 5.74) is 1.04. The predicted octanol–water partition coefficient (Wildman–Crippen LogP) is 4.45. The van der Waals surface area contributed by atoms with Crippen molar-refractivity contribution in [3.8, 4) is 5.75 Å².